The van der Waals surface area contributed by atoms with E-state index in [-0.39, 0.29) is 11.2 Å². The van der Waals surface area contributed by atoms with Crippen LogP contribution in [0.3, 0.4) is 0 Å². The van der Waals surface area contributed by atoms with Gasteiger partial charge in [-0.1, -0.05) is 19.1 Å². The molecule has 3 heterocycles. The molecule has 31 heavy (non-hydrogen) atoms. The van der Waals surface area contributed by atoms with E-state index in [9.17, 15) is 9.90 Å². The molecule has 1 aliphatic rings. The quantitative estimate of drug-likeness (QED) is 0.502. The van der Waals surface area contributed by atoms with Crippen molar-refractivity contribution in [1.29, 1.82) is 0 Å². The number of phenols is 1. The van der Waals surface area contributed by atoms with E-state index in [1.807, 2.05) is 31.2 Å². The fourth-order valence-electron chi connectivity index (χ4n) is 4.70. The van der Waals surface area contributed by atoms with Crippen molar-refractivity contribution in [1.82, 2.24) is 4.98 Å². The van der Waals surface area contributed by atoms with E-state index >= 15 is 0 Å². The number of hydrogen-bond donors (Lipinski definition) is 2. The van der Waals surface area contributed by atoms with E-state index < -0.39 is 0 Å². The van der Waals surface area contributed by atoms with Gasteiger partial charge in [0.05, 0.1) is 39.3 Å². The number of rotatable bonds is 4. The molecule has 6 heteroatoms. The second-order valence-corrected chi connectivity index (χ2v) is 9.57. The number of nitrogens with one attached hydrogen (secondary N) is 1. The van der Waals surface area contributed by atoms with Crippen molar-refractivity contribution in [3.63, 3.8) is 0 Å². The zero-order valence-corrected chi connectivity index (χ0v) is 18.7. The summed E-state index contributed by atoms with van der Waals surface area (Å²) in [6.45, 7) is 6.01. The lowest BCUT2D eigenvalue weighted by Crippen LogP contribution is -3.14. The van der Waals surface area contributed by atoms with Crippen LogP contribution in [0, 0.1) is 0 Å². The molecule has 0 bridgehead atoms. The number of aryl methyl sites for hydroxylation is 1. The molecule has 0 radical (unpaired) electrons. The highest BCUT2D eigenvalue weighted by Crippen LogP contribution is 2.33. The van der Waals surface area contributed by atoms with Crippen LogP contribution in [-0.2, 0) is 13.0 Å². The lowest BCUT2D eigenvalue weighted by molar-refractivity contribution is -0.941. The van der Waals surface area contributed by atoms with E-state index in [0.717, 1.165) is 27.9 Å². The highest BCUT2D eigenvalue weighted by molar-refractivity contribution is 7.21. The summed E-state index contributed by atoms with van der Waals surface area (Å²) in [5, 5.41) is 12.2. The van der Waals surface area contributed by atoms with Crippen molar-refractivity contribution in [2.75, 3.05) is 6.54 Å². The van der Waals surface area contributed by atoms with Gasteiger partial charge in [0.25, 0.3) is 0 Å². The topological polar surface area (TPSA) is 67.8 Å². The number of para-hydroxylation sites is 1. The third kappa shape index (κ3) is 3.54. The van der Waals surface area contributed by atoms with Crippen molar-refractivity contribution in [3.05, 3.63) is 57.9 Å². The first-order valence-electron chi connectivity index (χ1n) is 11.1. The summed E-state index contributed by atoms with van der Waals surface area (Å²) >= 11 is 1.49. The number of aromatic nitrogens is 1. The van der Waals surface area contributed by atoms with E-state index in [1.165, 1.54) is 41.8 Å². The van der Waals surface area contributed by atoms with Crippen LogP contribution in [0.4, 0.5) is 0 Å². The summed E-state index contributed by atoms with van der Waals surface area (Å²) in [6, 6.07) is 10.2. The minimum atomic E-state index is -0.0852. The molecule has 2 aromatic heterocycles. The van der Waals surface area contributed by atoms with Crippen LogP contribution in [0.15, 0.2) is 45.8 Å². The van der Waals surface area contributed by atoms with E-state index in [0.29, 0.717) is 40.5 Å². The first kappa shape index (κ1) is 20.2. The van der Waals surface area contributed by atoms with Crippen LogP contribution in [0.2, 0.25) is 0 Å². The van der Waals surface area contributed by atoms with Crippen molar-refractivity contribution >= 4 is 32.5 Å². The van der Waals surface area contributed by atoms with Crippen molar-refractivity contribution in [2.45, 2.75) is 52.1 Å². The Morgan fingerprint density at radius 1 is 1.29 bits per heavy atom. The average molecular weight is 436 g/mol. The Bertz CT molecular complexity index is 1290. The molecule has 0 amide bonds. The molecule has 4 aromatic rings. The van der Waals surface area contributed by atoms with Crippen LogP contribution in [0.25, 0.3) is 31.8 Å². The molecule has 1 aliphatic heterocycles. The Morgan fingerprint density at radius 3 is 2.90 bits per heavy atom. The molecule has 1 unspecified atom stereocenters. The lowest BCUT2D eigenvalue weighted by atomic mass is 9.98. The van der Waals surface area contributed by atoms with E-state index in [4.69, 9.17) is 4.42 Å². The molecule has 5 nitrogen and oxygen atoms in total. The standard InChI is InChI=1S/C25H26N2O3S/c1-3-16-12-17-23(29)19(25-26-20-9-4-5-10-21(20)31-25)14-30-24(17)18(22(16)28)13-27-11-7-6-8-15(27)2/h4-5,9-10,12,14-15,28H,3,6-8,11,13H2,1-2H3/p+1/t15-/m0/s1. The monoisotopic (exact) mass is 435 g/mol. The number of thiazole rings is 1. The molecule has 0 spiro atoms. The maximum absolute atomic E-state index is 13.5. The molecular formula is C25H27N2O3S+. The predicted octanol–water partition coefficient (Wildman–Crippen LogP) is 4.30. The lowest BCUT2D eigenvalue weighted by Gasteiger charge is -2.30. The first-order chi connectivity index (χ1) is 15.1. The molecule has 160 valence electrons. The highest BCUT2D eigenvalue weighted by atomic mass is 32.1. The summed E-state index contributed by atoms with van der Waals surface area (Å²) < 4.78 is 7.10. The molecule has 5 rings (SSSR count). The molecular weight excluding hydrogens is 408 g/mol. The van der Waals surface area contributed by atoms with Crippen molar-refractivity contribution in [3.8, 4) is 16.3 Å². The number of phenolic OH excluding ortho intramolecular Hbond substituents is 1. The molecule has 2 N–H and O–H groups in total. The minimum Gasteiger partial charge on any atom is -0.507 e. The number of likely N-dealkylation sites (tertiary alicyclic amines) is 1. The van der Waals surface area contributed by atoms with E-state index in [2.05, 4.69) is 11.9 Å². The average Bonchev–Trinajstić information content (AvgIpc) is 3.21. The van der Waals surface area contributed by atoms with Crippen molar-refractivity contribution in [2.24, 2.45) is 0 Å². The van der Waals surface area contributed by atoms with Crippen LogP contribution in [-0.4, -0.2) is 22.7 Å². The van der Waals surface area contributed by atoms with Gasteiger partial charge in [-0.3, -0.25) is 4.79 Å². The molecule has 1 saturated heterocycles. The summed E-state index contributed by atoms with van der Waals surface area (Å²) in [4.78, 5) is 19.6. The van der Waals surface area contributed by atoms with Gasteiger partial charge in [-0.2, -0.15) is 0 Å². The summed E-state index contributed by atoms with van der Waals surface area (Å²) in [7, 11) is 0. The smallest absolute Gasteiger partial charge is 0.202 e. The maximum atomic E-state index is 13.5. The van der Waals surface area contributed by atoms with Gasteiger partial charge < -0.3 is 14.4 Å². The third-order valence-electron chi connectivity index (χ3n) is 6.60. The largest absolute Gasteiger partial charge is 0.507 e. The number of hydrogen-bond acceptors (Lipinski definition) is 5. The highest BCUT2D eigenvalue weighted by Gasteiger charge is 2.27. The van der Waals surface area contributed by atoms with Gasteiger partial charge in [-0.05, 0) is 56.4 Å². The number of aromatic hydroxyl groups is 1. The van der Waals surface area contributed by atoms with Crippen LogP contribution < -0.4 is 10.3 Å². The number of nitrogens with zero attached hydrogens (tertiary/aromatic N) is 1. The van der Waals surface area contributed by atoms with Gasteiger partial charge in [0.1, 0.15) is 29.1 Å². The fourth-order valence-corrected chi connectivity index (χ4v) is 5.67. The normalized spacial score (nSPS) is 19.3. The fraction of sp³-hybridized carbons (Fsp3) is 0.360. The summed E-state index contributed by atoms with van der Waals surface area (Å²) in [5.41, 5.74) is 3.33. The predicted molar refractivity (Wildman–Crippen MR) is 125 cm³/mol. The van der Waals surface area contributed by atoms with Crippen LogP contribution in [0.5, 0.6) is 5.75 Å². The Labute approximate surface area is 185 Å². The number of benzene rings is 2. The molecule has 2 atom stereocenters. The number of piperidine rings is 1. The van der Waals surface area contributed by atoms with Gasteiger partial charge >= 0.3 is 0 Å². The minimum absolute atomic E-state index is 0.0852. The molecule has 2 aromatic carbocycles. The number of fused-ring (bicyclic) bond motifs is 2. The van der Waals surface area contributed by atoms with Gasteiger partial charge in [-0.25, -0.2) is 4.98 Å². The zero-order chi connectivity index (χ0) is 21.5. The summed E-state index contributed by atoms with van der Waals surface area (Å²) in [5.74, 6) is 0.274. The van der Waals surface area contributed by atoms with Gasteiger partial charge in [-0.15, -0.1) is 11.3 Å². The van der Waals surface area contributed by atoms with Crippen molar-refractivity contribution < 1.29 is 14.4 Å². The summed E-state index contributed by atoms with van der Waals surface area (Å²) in [6.07, 6.45) is 5.81. The first-order valence-corrected chi connectivity index (χ1v) is 11.9. The van der Waals surface area contributed by atoms with Crippen LogP contribution >= 0.6 is 11.3 Å². The van der Waals surface area contributed by atoms with Gasteiger partial charge in [0.15, 0.2) is 0 Å². The third-order valence-corrected chi connectivity index (χ3v) is 7.67. The Kier molecular flexibility index (Phi) is 5.28. The Morgan fingerprint density at radius 2 is 2.13 bits per heavy atom. The zero-order valence-electron chi connectivity index (χ0n) is 17.9. The van der Waals surface area contributed by atoms with Gasteiger partial charge in [0.2, 0.25) is 5.43 Å². The number of quaternary nitrogens is 1. The second kappa shape index (κ2) is 8.09. The maximum Gasteiger partial charge on any atom is 0.202 e. The van der Waals surface area contributed by atoms with Crippen LogP contribution in [0.1, 0.15) is 44.2 Å². The molecule has 0 saturated carbocycles. The van der Waals surface area contributed by atoms with E-state index in [1.54, 1.807) is 6.07 Å². The molecule has 0 aliphatic carbocycles. The SMILES string of the molecule is CCc1cc2c(=O)c(-c3nc4ccccc4s3)coc2c(C[NH+]2CCCC[C@@H]2C)c1O. The van der Waals surface area contributed by atoms with Gasteiger partial charge in [0, 0.05) is 0 Å². The Hall–Kier alpha value is -2.70. The molecule has 1 fully saturated rings. The Balaban J connectivity index is 1.66. The second-order valence-electron chi connectivity index (χ2n) is 8.54.